The molecule has 1 amide bonds. The number of benzene rings is 1. The van der Waals surface area contributed by atoms with Crippen LogP contribution in [0.15, 0.2) is 47.1 Å². The molecule has 0 aliphatic carbocycles. The van der Waals surface area contributed by atoms with E-state index in [2.05, 4.69) is 5.32 Å². The molecule has 7 heteroatoms. The van der Waals surface area contributed by atoms with Crippen LogP contribution in [0.4, 0.5) is 5.69 Å². The molecule has 0 unspecified atom stereocenters. The summed E-state index contributed by atoms with van der Waals surface area (Å²) in [6, 6.07) is 9.28. The van der Waals surface area contributed by atoms with Gasteiger partial charge in [0.05, 0.1) is 18.4 Å². The molecule has 3 rings (SSSR count). The Labute approximate surface area is 131 Å². The smallest absolute Gasteiger partial charge is 0.347 e. The lowest BCUT2D eigenvalue weighted by atomic mass is 10.2. The maximum absolute atomic E-state index is 11.9. The van der Waals surface area contributed by atoms with Crippen molar-refractivity contribution in [1.82, 2.24) is 0 Å². The minimum absolute atomic E-state index is 0.188. The molecule has 1 atom stereocenters. The van der Waals surface area contributed by atoms with E-state index in [9.17, 15) is 14.4 Å². The lowest BCUT2D eigenvalue weighted by molar-refractivity contribution is -0.145. The van der Waals surface area contributed by atoms with E-state index in [1.54, 1.807) is 24.3 Å². The van der Waals surface area contributed by atoms with E-state index < -0.39 is 18.0 Å². The summed E-state index contributed by atoms with van der Waals surface area (Å²) in [6.45, 7) is 0.258. The molecule has 1 aliphatic rings. The van der Waals surface area contributed by atoms with Crippen LogP contribution in [-0.4, -0.2) is 30.6 Å². The van der Waals surface area contributed by atoms with Crippen LogP contribution in [0.3, 0.4) is 0 Å². The van der Waals surface area contributed by atoms with E-state index >= 15 is 0 Å². The van der Waals surface area contributed by atoms with Crippen molar-refractivity contribution in [2.45, 2.75) is 12.5 Å². The van der Waals surface area contributed by atoms with Gasteiger partial charge in [0.1, 0.15) is 0 Å². The van der Waals surface area contributed by atoms with Crippen molar-refractivity contribution in [3.63, 3.8) is 0 Å². The second-order valence-corrected chi connectivity index (χ2v) is 4.86. The first-order valence-electron chi connectivity index (χ1n) is 6.96. The standard InChI is InChI=1S/C16H13NO6/c18-14(12-2-1-8-21-12)17-11-5-3-10(4-6-11)15(19)23-13-7-9-22-16(13)20/h1-6,8,13H,7,9H2,(H,17,18)/t13-/m0/s1. The minimum atomic E-state index is -0.846. The number of hydrogen-bond donors (Lipinski definition) is 1. The molecule has 0 spiro atoms. The first-order chi connectivity index (χ1) is 11.1. The fraction of sp³-hybridized carbons (Fsp3) is 0.188. The number of anilines is 1. The first-order valence-corrected chi connectivity index (χ1v) is 6.96. The van der Waals surface area contributed by atoms with Crippen LogP contribution in [-0.2, 0) is 14.3 Å². The van der Waals surface area contributed by atoms with Crippen molar-refractivity contribution in [2.24, 2.45) is 0 Å². The van der Waals surface area contributed by atoms with Gasteiger partial charge in [0, 0.05) is 12.1 Å². The van der Waals surface area contributed by atoms with Crippen LogP contribution in [0.1, 0.15) is 27.3 Å². The monoisotopic (exact) mass is 315 g/mol. The molecule has 1 aromatic heterocycles. The largest absolute Gasteiger partial charge is 0.463 e. The van der Waals surface area contributed by atoms with Crippen LogP contribution in [0.25, 0.3) is 0 Å². The third-order valence-electron chi connectivity index (χ3n) is 3.26. The van der Waals surface area contributed by atoms with Crippen LogP contribution in [0, 0.1) is 0 Å². The van der Waals surface area contributed by atoms with Crippen molar-refractivity contribution in [1.29, 1.82) is 0 Å². The van der Waals surface area contributed by atoms with E-state index in [0.717, 1.165) is 0 Å². The minimum Gasteiger partial charge on any atom is -0.463 e. The highest BCUT2D eigenvalue weighted by molar-refractivity contribution is 6.02. The SMILES string of the molecule is O=C(O[C@H]1CCOC1=O)c1ccc(NC(=O)c2ccco2)cc1. The Morgan fingerprint density at radius 3 is 2.57 bits per heavy atom. The molecule has 0 bridgehead atoms. The van der Waals surface area contributed by atoms with E-state index in [1.807, 2.05) is 0 Å². The van der Waals surface area contributed by atoms with Gasteiger partial charge in [-0.15, -0.1) is 0 Å². The van der Waals surface area contributed by atoms with Crippen molar-refractivity contribution < 1.29 is 28.3 Å². The van der Waals surface area contributed by atoms with E-state index in [0.29, 0.717) is 12.1 Å². The lowest BCUT2D eigenvalue weighted by Gasteiger charge is -2.09. The number of cyclic esters (lactones) is 1. The number of furan rings is 1. The zero-order valence-corrected chi connectivity index (χ0v) is 12.0. The number of esters is 2. The van der Waals surface area contributed by atoms with Crippen LogP contribution < -0.4 is 5.32 Å². The Kier molecular flexibility index (Phi) is 4.09. The van der Waals surface area contributed by atoms with Gasteiger partial charge in [0.15, 0.2) is 5.76 Å². The van der Waals surface area contributed by atoms with Gasteiger partial charge >= 0.3 is 11.9 Å². The normalized spacial score (nSPS) is 16.7. The molecule has 2 aromatic rings. The van der Waals surface area contributed by atoms with Gasteiger partial charge in [0.2, 0.25) is 6.10 Å². The Morgan fingerprint density at radius 2 is 1.96 bits per heavy atom. The summed E-state index contributed by atoms with van der Waals surface area (Å²) in [5, 5.41) is 2.63. The molecule has 1 aromatic carbocycles. The summed E-state index contributed by atoms with van der Waals surface area (Å²) in [7, 11) is 0. The number of nitrogens with one attached hydrogen (secondary N) is 1. The van der Waals surface area contributed by atoms with Gasteiger partial charge in [0.25, 0.3) is 5.91 Å². The quantitative estimate of drug-likeness (QED) is 0.867. The molecule has 0 radical (unpaired) electrons. The summed E-state index contributed by atoms with van der Waals surface area (Å²) < 4.78 is 14.8. The molecule has 23 heavy (non-hydrogen) atoms. The highest BCUT2D eigenvalue weighted by Crippen LogP contribution is 2.16. The average Bonchev–Trinajstić information content (AvgIpc) is 3.20. The van der Waals surface area contributed by atoms with Gasteiger partial charge < -0.3 is 19.2 Å². The van der Waals surface area contributed by atoms with Crippen LogP contribution in [0.5, 0.6) is 0 Å². The van der Waals surface area contributed by atoms with Gasteiger partial charge in [-0.3, -0.25) is 4.79 Å². The van der Waals surface area contributed by atoms with Crippen LogP contribution in [0.2, 0.25) is 0 Å². The predicted molar refractivity (Wildman–Crippen MR) is 77.9 cm³/mol. The second-order valence-electron chi connectivity index (χ2n) is 4.86. The summed E-state index contributed by atoms with van der Waals surface area (Å²) in [5.41, 5.74) is 0.781. The van der Waals surface area contributed by atoms with Crippen molar-refractivity contribution in [3.8, 4) is 0 Å². The van der Waals surface area contributed by atoms with Crippen LogP contribution >= 0.6 is 0 Å². The second kappa shape index (κ2) is 6.35. The fourth-order valence-electron chi connectivity index (χ4n) is 2.07. The summed E-state index contributed by atoms with van der Waals surface area (Å²) in [5.74, 6) is -1.34. The third-order valence-corrected chi connectivity index (χ3v) is 3.26. The number of carbonyl (C=O) groups is 3. The van der Waals surface area contributed by atoms with Crippen molar-refractivity contribution in [3.05, 3.63) is 54.0 Å². The van der Waals surface area contributed by atoms with Gasteiger partial charge in [-0.25, -0.2) is 9.59 Å². The molecule has 118 valence electrons. The first kappa shape index (κ1) is 14.8. The van der Waals surface area contributed by atoms with E-state index in [4.69, 9.17) is 13.9 Å². The fourth-order valence-corrected chi connectivity index (χ4v) is 2.07. The van der Waals surface area contributed by atoms with Crippen molar-refractivity contribution in [2.75, 3.05) is 11.9 Å². The lowest BCUT2D eigenvalue weighted by Crippen LogP contribution is -2.22. The molecule has 7 nitrogen and oxygen atoms in total. The number of carbonyl (C=O) groups excluding carboxylic acids is 3. The topological polar surface area (TPSA) is 94.8 Å². The number of amides is 1. The molecule has 1 aliphatic heterocycles. The average molecular weight is 315 g/mol. The Bertz CT molecular complexity index is 720. The highest BCUT2D eigenvalue weighted by atomic mass is 16.6. The molecular formula is C16H13NO6. The van der Waals surface area contributed by atoms with Gasteiger partial charge in [-0.05, 0) is 36.4 Å². The maximum Gasteiger partial charge on any atom is 0.347 e. The van der Waals surface area contributed by atoms with Crippen molar-refractivity contribution >= 4 is 23.5 Å². The zero-order valence-electron chi connectivity index (χ0n) is 12.0. The molecule has 1 N–H and O–H groups in total. The van der Waals surface area contributed by atoms with Gasteiger partial charge in [-0.2, -0.15) is 0 Å². The molecule has 1 fully saturated rings. The van der Waals surface area contributed by atoms with Gasteiger partial charge in [-0.1, -0.05) is 0 Å². The number of ether oxygens (including phenoxy) is 2. The van der Waals surface area contributed by atoms with E-state index in [-0.39, 0.29) is 23.8 Å². The molecular weight excluding hydrogens is 302 g/mol. The summed E-state index contributed by atoms with van der Waals surface area (Å²) in [6.07, 6.45) is 0.921. The molecule has 0 saturated carbocycles. The number of rotatable bonds is 4. The predicted octanol–water partition coefficient (Wildman–Crippen LogP) is 2.00. The summed E-state index contributed by atoms with van der Waals surface area (Å²) in [4.78, 5) is 35.0. The maximum atomic E-state index is 11.9. The molecule has 2 heterocycles. The van der Waals surface area contributed by atoms with E-state index in [1.165, 1.54) is 18.4 Å². The summed E-state index contributed by atoms with van der Waals surface area (Å²) >= 11 is 0. The Morgan fingerprint density at radius 1 is 1.17 bits per heavy atom. The Balaban J connectivity index is 1.61. The highest BCUT2D eigenvalue weighted by Gasteiger charge is 2.30. The zero-order chi connectivity index (χ0) is 16.2. The molecule has 1 saturated heterocycles. The number of hydrogen-bond acceptors (Lipinski definition) is 6. The Hall–Kier alpha value is -3.09. The third kappa shape index (κ3) is 3.39.